The van der Waals surface area contributed by atoms with E-state index in [-0.39, 0.29) is 20.1 Å². The number of hydrogen-bond acceptors (Lipinski definition) is 7. The smallest absolute Gasteiger partial charge is 0.150 e. The van der Waals surface area contributed by atoms with Gasteiger partial charge in [-0.2, -0.15) is 0 Å². The molecule has 0 bridgehead atoms. The molecular formula is C34H20IrN5O3P-2. The van der Waals surface area contributed by atoms with Crippen LogP contribution in [0.5, 0.6) is 23.0 Å². The SMILES string of the molecule is O=P12c3ccccc3Oc3[c-]c(-c4ccccn4)cc(c31)Oc1ccccc12.[Ir].c1cnc(-c2nc3ccccc3[n-]2)nc1. The van der Waals surface area contributed by atoms with E-state index in [0.29, 0.717) is 50.6 Å². The summed E-state index contributed by atoms with van der Waals surface area (Å²) >= 11 is 0. The fourth-order valence-corrected chi connectivity index (χ4v) is 8.27. The molecule has 0 spiro atoms. The molecule has 7 aromatic rings. The Kier molecular flexibility index (Phi) is 7.15. The second-order valence-electron chi connectivity index (χ2n) is 9.80. The first kappa shape index (κ1) is 27.9. The molecule has 8 nitrogen and oxygen atoms in total. The van der Waals surface area contributed by atoms with Crippen LogP contribution in [0.4, 0.5) is 0 Å². The van der Waals surface area contributed by atoms with E-state index in [0.717, 1.165) is 22.3 Å². The summed E-state index contributed by atoms with van der Waals surface area (Å²) in [4.78, 5) is 21.3. The van der Waals surface area contributed by atoms with Crippen LogP contribution < -0.4 is 30.4 Å². The summed E-state index contributed by atoms with van der Waals surface area (Å²) in [6.45, 7) is 0. The number of para-hydroxylation sites is 4. The van der Waals surface area contributed by atoms with Crippen molar-refractivity contribution in [2.45, 2.75) is 0 Å². The van der Waals surface area contributed by atoms with Gasteiger partial charge in [0, 0.05) is 44.0 Å². The zero-order valence-electron chi connectivity index (χ0n) is 22.8. The monoisotopic (exact) mass is 770 g/mol. The minimum Gasteiger partial charge on any atom is -0.475 e. The molecule has 0 aliphatic carbocycles. The van der Waals surface area contributed by atoms with Gasteiger partial charge in [-0.3, -0.25) is 0 Å². The first-order valence-corrected chi connectivity index (χ1v) is 15.2. The topological polar surface area (TPSA) is 101 Å². The fourth-order valence-electron chi connectivity index (χ4n) is 5.27. The summed E-state index contributed by atoms with van der Waals surface area (Å²) in [5.41, 5.74) is 3.24. The normalized spacial score (nSPS) is 15.2. The minimum absolute atomic E-state index is 0. The fraction of sp³-hybridized carbons (Fsp3) is 0. The summed E-state index contributed by atoms with van der Waals surface area (Å²) in [5.74, 6) is 3.32. The summed E-state index contributed by atoms with van der Waals surface area (Å²) in [6.07, 6.45) is 5.10. The standard InChI is InChI=1S/C23H13NO3P.C11H7N4.Ir/c25-28-21-10-3-1-8-17(21)26-19-13-15(16-7-5-6-12-24-16)14-20(23(19)28)27-18-9-2-4-11-22(18)28;1-2-5-9-8(4-1)14-11(15-9)10-12-6-3-7-13-10;/h1-13H;1-7H;/q2*-1;. The maximum Gasteiger partial charge on any atom is 0.150 e. The van der Waals surface area contributed by atoms with E-state index >= 15 is 0 Å². The Morgan fingerprint density at radius 1 is 0.682 bits per heavy atom. The number of pyridine rings is 1. The second-order valence-corrected chi connectivity index (χ2v) is 12.4. The molecule has 9 rings (SSSR count). The predicted molar refractivity (Wildman–Crippen MR) is 164 cm³/mol. The van der Waals surface area contributed by atoms with Gasteiger partial charge < -0.3 is 29.0 Å². The van der Waals surface area contributed by atoms with E-state index in [4.69, 9.17) is 9.47 Å². The number of fused-ring (bicyclic) bond motifs is 5. The molecule has 2 aliphatic heterocycles. The van der Waals surface area contributed by atoms with Crippen molar-refractivity contribution < 1.29 is 34.1 Å². The zero-order valence-corrected chi connectivity index (χ0v) is 26.1. The largest absolute Gasteiger partial charge is 0.475 e. The Morgan fingerprint density at radius 3 is 2.07 bits per heavy atom. The molecule has 215 valence electrons. The molecule has 2 aliphatic rings. The van der Waals surface area contributed by atoms with Crippen LogP contribution in [-0.4, -0.2) is 19.9 Å². The van der Waals surface area contributed by atoms with Crippen molar-refractivity contribution in [1.82, 2.24) is 24.9 Å². The van der Waals surface area contributed by atoms with Gasteiger partial charge in [-0.05, 0) is 58.9 Å². The summed E-state index contributed by atoms with van der Waals surface area (Å²) in [5, 5.41) is 1.96. The van der Waals surface area contributed by atoms with Gasteiger partial charge in [0.15, 0.2) is 5.82 Å². The molecule has 5 heterocycles. The Morgan fingerprint density at radius 2 is 1.34 bits per heavy atom. The number of benzene rings is 4. The number of hydrogen-bond donors (Lipinski definition) is 0. The zero-order chi connectivity index (χ0) is 28.8. The van der Waals surface area contributed by atoms with Crippen LogP contribution >= 0.6 is 7.14 Å². The minimum atomic E-state index is -3.13. The summed E-state index contributed by atoms with van der Waals surface area (Å²) in [6, 6.07) is 35.3. The van der Waals surface area contributed by atoms with Crippen LogP contribution in [0.1, 0.15) is 0 Å². The number of ether oxygens (including phenoxy) is 2. The molecule has 0 saturated carbocycles. The molecule has 1 radical (unpaired) electrons. The summed E-state index contributed by atoms with van der Waals surface area (Å²) < 4.78 is 26.9. The van der Waals surface area contributed by atoms with Gasteiger partial charge in [0.1, 0.15) is 18.6 Å². The molecule has 0 N–H and O–H groups in total. The Balaban J connectivity index is 0.000000166. The molecule has 1 atom stereocenters. The number of rotatable bonds is 2. The molecule has 1 unspecified atom stereocenters. The van der Waals surface area contributed by atoms with Gasteiger partial charge >= 0.3 is 0 Å². The maximum absolute atomic E-state index is 14.6. The van der Waals surface area contributed by atoms with E-state index < -0.39 is 7.14 Å². The van der Waals surface area contributed by atoms with Gasteiger partial charge in [0.05, 0.1) is 22.1 Å². The van der Waals surface area contributed by atoms with Crippen molar-refractivity contribution in [3.8, 4) is 45.9 Å². The first-order valence-electron chi connectivity index (χ1n) is 13.5. The molecule has 0 fully saturated rings. The third-order valence-corrected chi connectivity index (χ3v) is 10.3. The molecular weight excluding hydrogens is 750 g/mol. The Hall–Kier alpha value is -4.94. The summed E-state index contributed by atoms with van der Waals surface area (Å²) in [7, 11) is -3.13. The van der Waals surface area contributed by atoms with E-state index in [9.17, 15) is 4.57 Å². The quantitative estimate of drug-likeness (QED) is 0.155. The van der Waals surface area contributed by atoms with E-state index in [1.807, 2.05) is 97.1 Å². The maximum atomic E-state index is 14.6. The van der Waals surface area contributed by atoms with E-state index in [1.54, 1.807) is 24.7 Å². The van der Waals surface area contributed by atoms with Crippen LogP contribution in [0.2, 0.25) is 0 Å². The van der Waals surface area contributed by atoms with Crippen molar-refractivity contribution in [2.75, 3.05) is 0 Å². The van der Waals surface area contributed by atoms with E-state index in [2.05, 4.69) is 31.0 Å². The Bertz CT molecular complexity index is 2080. The average Bonchev–Trinajstić information content (AvgIpc) is 3.51. The van der Waals surface area contributed by atoms with Crippen molar-refractivity contribution in [3.63, 3.8) is 0 Å². The van der Waals surface area contributed by atoms with Crippen LogP contribution in [0.25, 0.3) is 33.9 Å². The van der Waals surface area contributed by atoms with Crippen LogP contribution in [-0.2, 0) is 24.7 Å². The molecule has 0 amide bonds. The molecule has 3 aromatic heterocycles. The van der Waals surface area contributed by atoms with Crippen molar-refractivity contribution >= 4 is 34.1 Å². The molecule has 0 saturated heterocycles. The molecule has 4 aromatic carbocycles. The van der Waals surface area contributed by atoms with Crippen LogP contribution in [0.15, 0.2) is 122 Å². The van der Waals surface area contributed by atoms with Crippen molar-refractivity contribution in [3.05, 3.63) is 128 Å². The third-order valence-electron chi connectivity index (χ3n) is 7.17. The van der Waals surface area contributed by atoms with E-state index in [1.165, 1.54) is 0 Å². The van der Waals surface area contributed by atoms with Gasteiger partial charge in [-0.15, -0.1) is 5.56 Å². The van der Waals surface area contributed by atoms with Crippen molar-refractivity contribution in [2.24, 2.45) is 0 Å². The second kappa shape index (κ2) is 11.3. The van der Waals surface area contributed by atoms with Gasteiger partial charge in [0.25, 0.3) is 0 Å². The number of nitrogens with zero attached hydrogens (tertiary/aromatic N) is 5. The third kappa shape index (κ3) is 4.63. The Labute approximate surface area is 265 Å². The molecule has 44 heavy (non-hydrogen) atoms. The van der Waals surface area contributed by atoms with Crippen LogP contribution in [0.3, 0.4) is 0 Å². The average molecular weight is 770 g/mol. The van der Waals surface area contributed by atoms with Crippen LogP contribution in [0, 0.1) is 6.07 Å². The first-order chi connectivity index (χ1) is 21.2. The van der Waals surface area contributed by atoms with Gasteiger partial charge in [0.2, 0.25) is 0 Å². The van der Waals surface area contributed by atoms with Gasteiger partial charge in [-0.1, -0.05) is 72.8 Å². The van der Waals surface area contributed by atoms with Gasteiger partial charge in [-0.25, -0.2) is 9.97 Å². The number of imidazole rings is 1. The molecule has 10 heteroatoms. The van der Waals surface area contributed by atoms with Crippen molar-refractivity contribution in [1.29, 1.82) is 0 Å². The number of aromatic nitrogens is 5. The predicted octanol–water partition coefficient (Wildman–Crippen LogP) is 6.05.